The van der Waals surface area contributed by atoms with Gasteiger partial charge in [-0.15, -0.1) is 0 Å². The molecule has 1 rings (SSSR count). The van der Waals surface area contributed by atoms with Crippen molar-refractivity contribution in [2.24, 2.45) is 0 Å². The molecule has 0 atom stereocenters. The van der Waals surface area contributed by atoms with Crippen LogP contribution in [-0.2, 0) is 0 Å². The van der Waals surface area contributed by atoms with E-state index in [-0.39, 0.29) is 17.2 Å². The smallest absolute Gasteiger partial charge is 0.255 e. The molecule has 0 unspecified atom stereocenters. The monoisotopic (exact) mass is 235 g/mol. The summed E-state index contributed by atoms with van der Waals surface area (Å²) in [5, 5.41) is 12.7. The normalized spacial score (nSPS) is 11.3. The fourth-order valence-electron chi connectivity index (χ4n) is 1.60. The van der Waals surface area contributed by atoms with Crippen LogP contribution in [0.4, 0.5) is 0 Å². The van der Waals surface area contributed by atoms with E-state index in [9.17, 15) is 9.90 Å². The minimum atomic E-state index is -0.215. The highest BCUT2D eigenvalue weighted by atomic mass is 16.3. The van der Waals surface area contributed by atoms with Gasteiger partial charge in [-0.3, -0.25) is 4.79 Å². The van der Waals surface area contributed by atoms with Gasteiger partial charge < -0.3 is 10.4 Å². The van der Waals surface area contributed by atoms with Crippen LogP contribution in [0.3, 0.4) is 0 Å². The third-order valence-electron chi connectivity index (χ3n) is 3.37. The van der Waals surface area contributed by atoms with Crippen molar-refractivity contribution in [3.05, 3.63) is 29.3 Å². The quantitative estimate of drug-likeness (QED) is 0.842. The van der Waals surface area contributed by atoms with Crippen LogP contribution in [0.2, 0.25) is 0 Å². The molecule has 0 heterocycles. The molecule has 0 aliphatic heterocycles. The van der Waals surface area contributed by atoms with Gasteiger partial charge in [0.2, 0.25) is 0 Å². The van der Waals surface area contributed by atoms with Crippen LogP contribution in [0.5, 0.6) is 5.75 Å². The van der Waals surface area contributed by atoms with Crippen LogP contribution in [0.1, 0.15) is 49.5 Å². The highest BCUT2D eigenvalue weighted by molar-refractivity contribution is 5.97. The molecule has 1 amide bonds. The first-order chi connectivity index (χ1) is 7.91. The lowest BCUT2D eigenvalue weighted by Crippen LogP contribution is -2.44. The third kappa shape index (κ3) is 3.22. The van der Waals surface area contributed by atoms with Gasteiger partial charge in [0, 0.05) is 5.54 Å². The number of phenols is 1. The number of carbonyl (C=O) groups is 1. The van der Waals surface area contributed by atoms with Gasteiger partial charge in [-0.2, -0.15) is 0 Å². The molecule has 0 saturated heterocycles. The molecule has 0 saturated carbocycles. The van der Waals surface area contributed by atoms with Crippen LogP contribution in [0, 0.1) is 6.92 Å². The number of aryl methyl sites for hydroxylation is 1. The maximum absolute atomic E-state index is 12.1. The van der Waals surface area contributed by atoms with Gasteiger partial charge in [-0.25, -0.2) is 0 Å². The van der Waals surface area contributed by atoms with Crippen molar-refractivity contribution in [2.75, 3.05) is 0 Å². The summed E-state index contributed by atoms with van der Waals surface area (Å²) in [4.78, 5) is 12.1. The van der Waals surface area contributed by atoms with E-state index in [1.165, 1.54) is 0 Å². The molecular formula is C14H21NO2. The second-order valence-corrected chi connectivity index (χ2v) is 4.74. The first-order valence-electron chi connectivity index (χ1n) is 6.04. The minimum absolute atomic E-state index is 0.0302. The van der Waals surface area contributed by atoms with Gasteiger partial charge in [0.15, 0.2) is 0 Å². The standard InChI is InChI=1S/C14H21NO2/c1-5-14(4,6-2)15-13(17)11-9-10(3)7-8-12(11)16/h7-9,16H,5-6H2,1-4H3,(H,15,17). The topological polar surface area (TPSA) is 49.3 Å². The molecule has 0 bridgehead atoms. The molecule has 1 aromatic carbocycles. The summed E-state index contributed by atoms with van der Waals surface area (Å²) >= 11 is 0. The number of rotatable bonds is 4. The van der Waals surface area contributed by atoms with Crippen LogP contribution < -0.4 is 5.32 Å². The zero-order valence-corrected chi connectivity index (χ0v) is 11.0. The lowest BCUT2D eigenvalue weighted by Gasteiger charge is -2.28. The second-order valence-electron chi connectivity index (χ2n) is 4.74. The number of benzene rings is 1. The SMILES string of the molecule is CCC(C)(CC)NC(=O)c1cc(C)ccc1O. The van der Waals surface area contributed by atoms with Crippen molar-refractivity contribution in [2.45, 2.75) is 46.1 Å². The number of phenolic OH excluding ortho intramolecular Hbond substituents is 1. The zero-order valence-electron chi connectivity index (χ0n) is 11.0. The first kappa shape index (κ1) is 13.6. The summed E-state index contributed by atoms with van der Waals surface area (Å²) in [5.74, 6) is -0.181. The number of amides is 1. The van der Waals surface area contributed by atoms with Gasteiger partial charge in [-0.05, 0) is 38.8 Å². The molecule has 2 N–H and O–H groups in total. The predicted molar refractivity (Wildman–Crippen MR) is 69.3 cm³/mol. The van der Waals surface area contributed by atoms with Gasteiger partial charge in [0.25, 0.3) is 5.91 Å². The maximum atomic E-state index is 12.1. The van der Waals surface area contributed by atoms with Crippen molar-refractivity contribution in [1.29, 1.82) is 0 Å². The fourth-order valence-corrected chi connectivity index (χ4v) is 1.60. The van der Waals surface area contributed by atoms with Gasteiger partial charge in [0.05, 0.1) is 5.56 Å². The average Bonchev–Trinajstić information content (AvgIpc) is 2.32. The summed E-state index contributed by atoms with van der Waals surface area (Å²) in [5.41, 5.74) is 1.09. The minimum Gasteiger partial charge on any atom is -0.507 e. The highest BCUT2D eigenvalue weighted by Crippen LogP contribution is 2.20. The molecule has 94 valence electrons. The molecule has 0 aromatic heterocycles. The number of carbonyl (C=O) groups excluding carboxylic acids is 1. The largest absolute Gasteiger partial charge is 0.507 e. The Morgan fingerprint density at radius 1 is 1.35 bits per heavy atom. The predicted octanol–water partition coefficient (Wildman–Crippen LogP) is 3.01. The van der Waals surface area contributed by atoms with Crippen LogP contribution >= 0.6 is 0 Å². The Labute approximate surface area is 103 Å². The van der Waals surface area contributed by atoms with E-state index < -0.39 is 0 Å². The molecule has 17 heavy (non-hydrogen) atoms. The Morgan fingerprint density at radius 2 is 1.94 bits per heavy atom. The summed E-state index contributed by atoms with van der Waals surface area (Å²) in [6, 6.07) is 5.04. The Hall–Kier alpha value is -1.51. The number of hydrogen-bond acceptors (Lipinski definition) is 2. The Bertz CT molecular complexity index is 409. The Balaban J connectivity index is 2.94. The Morgan fingerprint density at radius 3 is 2.47 bits per heavy atom. The van der Waals surface area contributed by atoms with E-state index in [0.29, 0.717) is 5.56 Å². The number of nitrogens with one attached hydrogen (secondary N) is 1. The average molecular weight is 235 g/mol. The highest BCUT2D eigenvalue weighted by Gasteiger charge is 2.23. The lowest BCUT2D eigenvalue weighted by molar-refractivity contribution is 0.0898. The summed E-state index contributed by atoms with van der Waals surface area (Å²) < 4.78 is 0. The van der Waals surface area contributed by atoms with E-state index in [0.717, 1.165) is 18.4 Å². The summed E-state index contributed by atoms with van der Waals surface area (Å²) in [6.07, 6.45) is 1.73. The molecule has 3 heteroatoms. The van der Waals surface area contributed by atoms with Crippen molar-refractivity contribution in [3.8, 4) is 5.75 Å². The summed E-state index contributed by atoms with van der Waals surface area (Å²) in [7, 11) is 0. The van der Waals surface area contributed by atoms with Gasteiger partial charge >= 0.3 is 0 Å². The maximum Gasteiger partial charge on any atom is 0.255 e. The molecule has 0 radical (unpaired) electrons. The van der Waals surface area contributed by atoms with E-state index >= 15 is 0 Å². The molecule has 0 aliphatic carbocycles. The molecule has 3 nitrogen and oxygen atoms in total. The summed E-state index contributed by atoms with van der Waals surface area (Å²) in [6.45, 7) is 7.99. The number of hydrogen-bond donors (Lipinski definition) is 2. The molecule has 1 aromatic rings. The van der Waals surface area contributed by atoms with Gasteiger partial charge in [-0.1, -0.05) is 25.5 Å². The first-order valence-corrected chi connectivity index (χ1v) is 6.04. The third-order valence-corrected chi connectivity index (χ3v) is 3.37. The molecule has 0 fully saturated rings. The van der Waals surface area contributed by atoms with E-state index in [1.807, 2.05) is 27.7 Å². The molecular weight excluding hydrogens is 214 g/mol. The molecule has 0 aliphatic rings. The number of aromatic hydroxyl groups is 1. The van der Waals surface area contributed by atoms with Crippen LogP contribution in [0.25, 0.3) is 0 Å². The zero-order chi connectivity index (χ0) is 13.1. The van der Waals surface area contributed by atoms with E-state index in [1.54, 1.807) is 18.2 Å². The molecule has 0 spiro atoms. The van der Waals surface area contributed by atoms with Crippen LogP contribution in [-0.4, -0.2) is 16.6 Å². The Kier molecular flexibility index (Phi) is 4.16. The van der Waals surface area contributed by atoms with E-state index in [4.69, 9.17) is 0 Å². The second kappa shape index (κ2) is 5.21. The van der Waals surface area contributed by atoms with Crippen molar-refractivity contribution in [3.63, 3.8) is 0 Å². The van der Waals surface area contributed by atoms with E-state index in [2.05, 4.69) is 5.32 Å². The van der Waals surface area contributed by atoms with Gasteiger partial charge in [0.1, 0.15) is 5.75 Å². The fraction of sp³-hybridized carbons (Fsp3) is 0.500. The lowest BCUT2D eigenvalue weighted by atomic mass is 9.95. The van der Waals surface area contributed by atoms with Crippen molar-refractivity contribution < 1.29 is 9.90 Å². The van der Waals surface area contributed by atoms with Crippen molar-refractivity contribution >= 4 is 5.91 Å². The van der Waals surface area contributed by atoms with Crippen LogP contribution in [0.15, 0.2) is 18.2 Å². The van der Waals surface area contributed by atoms with Crippen molar-refractivity contribution in [1.82, 2.24) is 5.32 Å².